The first-order valence-corrected chi connectivity index (χ1v) is 6.42. The molecule has 1 unspecified atom stereocenters. The predicted octanol–water partition coefficient (Wildman–Crippen LogP) is 2.01. The van der Waals surface area contributed by atoms with Gasteiger partial charge in [0.25, 0.3) is 11.8 Å². The van der Waals surface area contributed by atoms with E-state index in [4.69, 9.17) is 4.74 Å². The summed E-state index contributed by atoms with van der Waals surface area (Å²) in [5, 5.41) is 0. The second kappa shape index (κ2) is 4.74. The minimum Gasteiger partial charge on any atom is -0.458 e. The van der Waals surface area contributed by atoms with Gasteiger partial charge in [0.05, 0.1) is 11.1 Å². The first-order chi connectivity index (χ1) is 9.22. The Bertz CT molecular complexity index is 551. The molecule has 0 aliphatic carbocycles. The molecule has 5 nitrogen and oxygen atoms in total. The number of hydrogen-bond acceptors (Lipinski definition) is 4. The number of carbonyl (C=O) groups excluding carboxylic acids is 3. The van der Waals surface area contributed by atoms with Gasteiger partial charge in [-0.25, -0.2) is 4.79 Å². The normalized spacial score (nSPS) is 16.1. The van der Waals surface area contributed by atoms with Crippen LogP contribution in [0.15, 0.2) is 24.3 Å². The van der Waals surface area contributed by atoms with Crippen LogP contribution in [-0.2, 0) is 9.53 Å². The molecule has 0 fully saturated rings. The van der Waals surface area contributed by atoms with Crippen LogP contribution in [0.4, 0.5) is 0 Å². The van der Waals surface area contributed by atoms with Crippen molar-refractivity contribution in [1.29, 1.82) is 0 Å². The van der Waals surface area contributed by atoms with Crippen molar-refractivity contribution in [3.8, 4) is 0 Å². The lowest BCUT2D eigenvalue weighted by molar-refractivity contribution is -0.159. The number of amides is 2. The molecule has 1 aromatic carbocycles. The molecule has 0 bridgehead atoms. The molecule has 0 N–H and O–H groups in total. The van der Waals surface area contributed by atoms with Gasteiger partial charge in [0.15, 0.2) is 0 Å². The van der Waals surface area contributed by atoms with E-state index in [2.05, 4.69) is 0 Å². The van der Waals surface area contributed by atoms with E-state index in [0.717, 1.165) is 4.90 Å². The number of esters is 1. The van der Waals surface area contributed by atoms with E-state index in [-0.39, 0.29) is 0 Å². The van der Waals surface area contributed by atoms with Gasteiger partial charge in [-0.15, -0.1) is 0 Å². The molecule has 1 aliphatic heterocycles. The molecule has 1 aliphatic rings. The van der Waals surface area contributed by atoms with E-state index in [1.54, 1.807) is 45.0 Å². The van der Waals surface area contributed by atoms with E-state index in [1.165, 1.54) is 6.92 Å². The molecule has 2 amide bonds. The van der Waals surface area contributed by atoms with Gasteiger partial charge >= 0.3 is 5.97 Å². The van der Waals surface area contributed by atoms with Crippen LogP contribution in [0, 0.1) is 0 Å². The molecule has 5 heteroatoms. The Kier molecular flexibility index (Phi) is 3.38. The lowest BCUT2D eigenvalue weighted by Crippen LogP contribution is -2.45. The van der Waals surface area contributed by atoms with Gasteiger partial charge in [-0.05, 0) is 39.8 Å². The van der Waals surface area contributed by atoms with E-state index in [0.29, 0.717) is 11.1 Å². The number of benzene rings is 1. The largest absolute Gasteiger partial charge is 0.458 e. The highest BCUT2D eigenvalue weighted by Gasteiger charge is 2.41. The number of nitrogens with zero attached hydrogens (tertiary/aromatic N) is 1. The summed E-state index contributed by atoms with van der Waals surface area (Å²) in [6.07, 6.45) is 0. The zero-order valence-electron chi connectivity index (χ0n) is 12.0. The summed E-state index contributed by atoms with van der Waals surface area (Å²) >= 11 is 0. The molecular formula is C15H17NO4. The average Bonchev–Trinajstić information content (AvgIpc) is 2.60. The fourth-order valence-electron chi connectivity index (χ4n) is 2.05. The van der Waals surface area contributed by atoms with Gasteiger partial charge in [-0.1, -0.05) is 12.1 Å². The van der Waals surface area contributed by atoms with E-state index >= 15 is 0 Å². The Labute approximate surface area is 117 Å². The molecule has 2 rings (SSSR count). The zero-order valence-corrected chi connectivity index (χ0v) is 12.0. The molecule has 1 heterocycles. The van der Waals surface area contributed by atoms with Crippen molar-refractivity contribution < 1.29 is 19.1 Å². The molecule has 0 saturated carbocycles. The summed E-state index contributed by atoms with van der Waals surface area (Å²) in [6.45, 7) is 6.70. The molecule has 0 spiro atoms. The lowest BCUT2D eigenvalue weighted by Gasteiger charge is -2.26. The van der Waals surface area contributed by atoms with Crippen LogP contribution in [0.3, 0.4) is 0 Å². The van der Waals surface area contributed by atoms with Crippen LogP contribution < -0.4 is 0 Å². The maximum atomic E-state index is 12.2. The van der Waals surface area contributed by atoms with Crippen LogP contribution in [0.5, 0.6) is 0 Å². The topological polar surface area (TPSA) is 63.7 Å². The molecule has 1 aromatic rings. The zero-order chi connectivity index (χ0) is 15.1. The summed E-state index contributed by atoms with van der Waals surface area (Å²) in [4.78, 5) is 37.4. The van der Waals surface area contributed by atoms with Gasteiger partial charge in [0.1, 0.15) is 11.6 Å². The SMILES string of the molecule is CC(C(=O)OC(C)(C)C)N1C(=O)c2ccccc2C1=O. The molecule has 106 valence electrons. The van der Waals surface area contributed by atoms with Crippen molar-refractivity contribution in [3.05, 3.63) is 35.4 Å². The first-order valence-electron chi connectivity index (χ1n) is 6.42. The highest BCUT2D eigenvalue weighted by molar-refractivity contribution is 6.22. The van der Waals surface area contributed by atoms with Gasteiger partial charge in [-0.2, -0.15) is 0 Å². The minimum absolute atomic E-state index is 0.327. The maximum absolute atomic E-state index is 12.2. The number of imide groups is 1. The fraction of sp³-hybridized carbons (Fsp3) is 0.400. The number of carbonyl (C=O) groups is 3. The summed E-state index contributed by atoms with van der Waals surface area (Å²) in [5.41, 5.74) is -0.00915. The Morgan fingerprint density at radius 2 is 1.55 bits per heavy atom. The summed E-state index contributed by atoms with van der Waals surface area (Å²) < 4.78 is 5.22. The van der Waals surface area contributed by atoms with Gasteiger partial charge < -0.3 is 4.74 Å². The highest BCUT2D eigenvalue weighted by atomic mass is 16.6. The monoisotopic (exact) mass is 275 g/mol. The lowest BCUT2D eigenvalue weighted by atomic mass is 10.1. The molecule has 1 atom stereocenters. The van der Waals surface area contributed by atoms with Crippen molar-refractivity contribution in [1.82, 2.24) is 4.90 Å². The number of rotatable bonds is 2. The first kappa shape index (κ1) is 14.2. The molecular weight excluding hydrogens is 258 g/mol. The third-order valence-electron chi connectivity index (χ3n) is 2.96. The van der Waals surface area contributed by atoms with E-state index in [1.807, 2.05) is 0 Å². The highest BCUT2D eigenvalue weighted by Crippen LogP contribution is 2.25. The van der Waals surface area contributed by atoms with Crippen molar-refractivity contribution >= 4 is 17.8 Å². The van der Waals surface area contributed by atoms with Crippen LogP contribution in [0.25, 0.3) is 0 Å². The van der Waals surface area contributed by atoms with E-state index < -0.39 is 29.4 Å². The third kappa shape index (κ3) is 2.43. The van der Waals surface area contributed by atoms with Crippen molar-refractivity contribution in [2.45, 2.75) is 39.3 Å². The summed E-state index contributed by atoms with van der Waals surface area (Å²) in [6, 6.07) is 5.59. The third-order valence-corrected chi connectivity index (χ3v) is 2.96. The fourth-order valence-corrected chi connectivity index (χ4v) is 2.05. The number of fused-ring (bicyclic) bond motifs is 1. The maximum Gasteiger partial charge on any atom is 0.329 e. The Balaban J connectivity index is 2.25. The average molecular weight is 275 g/mol. The van der Waals surface area contributed by atoms with Crippen LogP contribution in [-0.4, -0.2) is 34.3 Å². The van der Waals surface area contributed by atoms with Crippen molar-refractivity contribution in [3.63, 3.8) is 0 Å². The Morgan fingerprint density at radius 3 is 1.95 bits per heavy atom. The Morgan fingerprint density at radius 1 is 1.10 bits per heavy atom. The summed E-state index contributed by atoms with van der Waals surface area (Å²) in [5.74, 6) is -1.50. The van der Waals surface area contributed by atoms with Gasteiger partial charge in [0.2, 0.25) is 0 Å². The molecule has 20 heavy (non-hydrogen) atoms. The molecule has 0 radical (unpaired) electrons. The molecule has 0 aromatic heterocycles. The molecule has 0 saturated heterocycles. The minimum atomic E-state index is -0.943. The van der Waals surface area contributed by atoms with Crippen LogP contribution in [0.1, 0.15) is 48.4 Å². The second-order valence-electron chi connectivity index (χ2n) is 5.74. The van der Waals surface area contributed by atoms with Crippen molar-refractivity contribution in [2.24, 2.45) is 0 Å². The smallest absolute Gasteiger partial charge is 0.329 e. The van der Waals surface area contributed by atoms with Gasteiger partial charge in [-0.3, -0.25) is 14.5 Å². The number of ether oxygens (including phenoxy) is 1. The Hall–Kier alpha value is -2.17. The van der Waals surface area contributed by atoms with Crippen LogP contribution >= 0.6 is 0 Å². The second-order valence-corrected chi connectivity index (χ2v) is 5.74. The quantitative estimate of drug-likeness (QED) is 0.612. The summed E-state index contributed by atoms with van der Waals surface area (Å²) in [7, 11) is 0. The standard InChI is InChI=1S/C15H17NO4/c1-9(14(19)20-15(2,3)4)16-12(17)10-7-5-6-8-11(10)13(16)18/h5-9H,1-4H3. The predicted molar refractivity (Wildman–Crippen MR) is 72.2 cm³/mol. The number of hydrogen-bond donors (Lipinski definition) is 0. The van der Waals surface area contributed by atoms with E-state index in [9.17, 15) is 14.4 Å². The van der Waals surface area contributed by atoms with Crippen LogP contribution in [0.2, 0.25) is 0 Å². The van der Waals surface area contributed by atoms with Gasteiger partial charge in [0, 0.05) is 0 Å². The van der Waals surface area contributed by atoms with Crippen molar-refractivity contribution in [2.75, 3.05) is 0 Å².